The van der Waals surface area contributed by atoms with Gasteiger partial charge in [0.1, 0.15) is 6.07 Å². The van der Waals surface area contributed by atoms with E-state index in [1.807, 2.05) is 0 Å². The van der Waals surface area contributed by atoms with Crippen LogP contribution in [0, 0.1) is 0 Å². The molecule has 0 aliphatic carbocycles. The summed E-state index contributed by atoms with van der Waals surface area (Å²) in [5.41, 5.74) is 0. The predicted octanol–water partition coefficient (Wildman–Crippen LogP) is -0.980. The third kappa shape index (κ3) is 0.855. The van der Waals surface area contributed by atoms with Crippen LogP contribution in [-0.4, -0.2) is 5.11 Å². The summed E-state index contributed by atoms with van der Waals surface area (Å²) >= 11 is 0. The minimum atomic E-state index is 0.166. The van der Waals surface area contributed by atoms with Crippen molar-refractivity contribution < 1.29 is 15.1 Å². The molecule has 3 heteroatoms. The second-order valence-electron chi connectivity index (χ2n) is 1.17. The van der Waals surface area contributed by atoms with Crippen molar-refractivity contribution in [1.29, 1.82) is 0 Å². The third-order valence-electron chi connectivity index (χ3n) is 0.641. The average Bonchev–Trinajstić information content (AvgIpc) is 1.69. The molecule has 36 valence electrons. The Hall–Kier alpha value is -1.12. The highest BCUT2D eigenvalue weighted by molar-refractivity contribution is 4.89. The van der Waals surface area contributed by atoms with Gasteiger partial charge in [-0.3, -0.25) is 0 Å². The van der Waals surface area contributed by atoms with Gasteiger partial charge in [-0.1, -0.05) is 0 Å². The van der Waals surface area contributed by atoms with E-state index in [2.05, 4.69) is 9.97 Å². The first-order chi connectivity index (χ1) is 3.39. The van der Waals surface area contributed by atoms with Crippen molar-refractivity contribution in [2.24, 2.45) is 0 Å². The van der Waals surface area contributed by atoms with E-state index in [0.29, 0.717) is 0 Å². The molecule has 0 aliphatic heterocycles. The van der Waals surface area contributed by atoms with Crippen LogP contribution in [-0.2, 0) is 0 Å². The number of hydrogen-bond donors (Lipinski definition) is 1. The first-order valence-corrected chi connectivity index (χ1v) is 1.96. The van der Waals surface area contributed by atoms with E-state index in [0.717, 1.165) is 0 Å². The molecule has 0 saturated heterocycles. The van der Waals surface area contributed by atoms with E-state index in [9.17, 15) is 0 Å². The molecule has 1 rings (SSSR count). The molecule has 1 aromatic rings. The number of hydrogen-bond acceptors (Lipinski definition) is 1. The maximum absolute atomic E-state index is 8.56. The van der Waals surface area contributed by atoms with E-state index < -0.39 is 0 Å². The van der Waals surface area contributed by atoms with Gasteiger partial charge >= 0.3 is 12.2 Å². The van der Waals surface area contributed by atoms with Gasteiger partial charge in [0, 0.05) is 0 Å². The Labute approximate surface area is 40.7 Å². The summed E-state index contributed by atoms with van der Waals surface area (Å²) in [5.74, 6) is 0.166. The van der Waals surface area contributed by atoms with Gasteiger partial charge in [0.25, 0.3) is 0 Å². The normalized spacial score (nSPS) is 8.57. The number of nitrogens with one attached hydrogen (secondary N) is 2. The number of aromatic hydroxyl groups is 1. The lowest BCUT2D eigenvalue weighted by Crippen LogP contribution is -2.12. The predicted molar refractivity (Wildman–Crippen MR) is 21.2 cm³/mol. The average molecular weight is 98.1 g/mol. The number of rotatable bonds is 0. The zero-order valence-corrected chi connectivity index (χ0v) is 3.68. The minimum Gasteiger partial charge on any atom is -0.460 e. The summed E-state index contributed by atoms with van der Waals surface area (Å²) in [7, 11) is 0. The second-order valence-corrected chi connectivity index (χ2v) is 1.17. The third-order valence-corrected chi connectivity index (χ3v) is 0.641. The fourth-order valence-corrected chi connectivity index (χ4v) is 0.339. The lowest BCUT2D eigenvalue weighted by molar-refractivity contribution is -0.537. The van der Waals surface area contributed by atoms with E-state index in [1.165, 1.54) is 12.4 Å². The van der Waals surface area contributed by atoms with Crippen molar-refractivity contribution in [2.45, 2.75) is 0 Å². The number of H-pyrrole nitrogens is 2. The largest absolute Gasteiger partial charge is 0.460 e. The van der Waals surface area contributed by atoms with Crippen LogP contribution in [0.5, 0.6) is 5.88 Å². The molecule has 3 N–H and O–H groups in total. The molecule has 0 aliphatic rings. The molecule has 0 saturated carbocycles. The van der Waals surface area contributed by atoms with Gasteiger partial charge in [-0.05, 0) is 0 Å². The van der Waals surface area contributed by atoms with Crippen molar-refractivity contribution in [1.82, 2.24) is 0 Å². The molecule has 7 heavy (non-hydrogen) atoms. The van der Waals surface area contributed by atoms with Crippen LogP contribution < -0.4 is 9.97 Å². The smallest absolute Gasteiger partial charge is 0.406 e. The van der Waals surface area contributed by atoms with Crippen molar-refractivity contribution >= 4 is 0 Å². The van der Waals surface area contributed by atoms with Crippen molar-refractivity contribution in [2.75, 3.05) is 0 Å². The van der Waals surface area contributed by atoms with Crippen LogP contribution in [0.1, 0.15) is 0 Å². The molecule has 3 nitrogen and oxygen atoms in total. The van der Waals surface area contributed by atoms with Crippen LogP contribution in [0.4, 0.5) is 0 Å². The van der Waals surface area contributed by atoms with Crippen molar-refractivity contribution in [3.8, 4) is 5.88 Å². The van der Waals surface area contributed by atoms with Crippen LogP contribution in [0.15, 0.2) is 18.6 Å². The van der Waals surface area contributed by atoms with E-state index in [4.69, 9.17) is 5.11 Å². The Morgan fingerprint density at radius 1 is 1.57 bits per heavy atom. The first-order valence-electron chi connectivity index (χ1n) is 1.96. The van der Waals surface area contributed by atoms with E-state index >= 15 is 0 Å². The SMILES string of the molecule is Oc1cc[nH+]c[nH+]1. The molecule has 0 spiro atoms. The standard InChI is InChI=1S/C4H4N2O/c7-4-1-2-5-3-6-4/h1-3H,(H,5,6,7)/p+2. The highest BCUT2D eigenvalue weighted by Crippen LogP contribution is 1.85. The molecule has 0 atom stereocenters. The topological polar surface area (TPSA) is 48.5 Å². The Morgan fingerprint density at radius 3 is 2.71 bits per heavy atom. The molecule has 0 bridgehead atoms. The highest BCUT2D eigenvalue weighted by atomic mass is 16.3. The fourth-order valence-electron chi connectivity index (χ4n) is 0.339. The van der Waals surface area contributed by atoms with E-state index in [-0.39, 0.29) is 5.88 Å². The van der Waals surface area contributed by atoms with Crippen molar-refractivity contribution in [3.05, 3.63) is 18.6 Å². The van der Waals surface area contributed by atoms with Crippen LogP contribution >= 0.6 is 0 Å². The van der Waals surface area contributed by atoms with Crippen LogP contribution in [0.3, 0.4) is 0 Å². The van der Waals surface area contributed by atoms with Gasteiger partial charge < -0.3 is 5.11 Å². The Bertz CT molecular complexity index is 140. The first kappa shape index (κ1) is 4.05. The lowest BCUT2D eigenvalue weighted by atomic mass is 10.7. The summed E-state index contributed by atoms with van der Waals surface area (Å²) in [6, 6.07) is 1.53. The summed E-state index contributed by atoms with van der Waals surface area (Å²) in [5, 5.41) is 8.56. The van der Waals surface area contributed by atoms with Gasteiger partial charge in [-0.2, -0.15) is 4.98 Å². The molecule has 0 unspecified atom stereocenters. The van der Waals surface area contributed by atoms with Gasteiger partial charge in [-0.15, -0.1) is 4.98 Å². The van der Waals surface area contributed by atoms with Crippen LogP contribution in [0.2, 0.25) is 0 Å². The molecule has 1 heterocycles. The minimum absolute atomic E-state index is 0.166. The number of aromatic nitrogens is 2. The Balaban J connectivity index is 3.02. The molecule has 0 aromatic carbocycles. The van der Waals surface area contributed by atoms with Gasteiger partial charge in [-0.25, -0.2) is 0 Å². The van der Waals surface area contributed by atoms with Crippen LogP contribution in [0.25, 0.3) is 0 Å². The Morgan fingerprint density at radius 2 is 2.43 bits per heavy atom. The lowest BCUT2D eigenvalue weighted by Gasteiger charge is -1.69. The molecular weight excluding hydrogens is 92.1 g/mol. The summed E-state index contributed by atoms with van der Waals surface area (Å²) in [6.07, 6.45) is 3.17. The van der Waals surface area contributed by atoms with E-state index in [1.54, 1.807) is 6.20 Å². The van der Waals surface area contributed by atoms with Gasteiger partial charge in [0.2, 0.25) is 0 Å². The molecule has 1 aromatic heterocycles. The zero-order chi connectivity index (χ0) is 5.11. The summed E-state index contributed by atoms with van der Waals surface area (Å²) < 4.78 is 0. The van der Waals surface area contributed by atoms with Crippen molar-refractivity contribution in [3.63, 3.8) is 0 Å². The molecular formula is C4H6N2O+2. The van der Waals surface area contributed by atoms with Gasteiger partial charge in [0.05, 0.1) is 0 Å². The number of aromatic amines is 2. The fraction of sp³-hybridized carbons (Fsp3) is 0. The summed E-state index contributed by atoms with van der Waals surface area (Å²) in [6.45, 7) is 0. The molecule has 0 fully saturated rings. The highest BCUT2D eigenvalue weighted by Gasteiger charge is 1.91. The Kier molecular flexibility index (Phi) is 0.898. The quantitative estimate of drug-likeness (QED) is 0.445. The second kappa shape index (κ2) is 1.55. The monoisotopic (exact) mass is 98.0 g/mol. The summed E-state index contributed by atoms with van der Waals surface area (Å²) in [4.78, 5) is 5.25. The molecule has 0 radical (unpaired) electrons. The zero-order valence-electron chi connectivity index (χ0n) is 3.68. The molecule has 0 amide bonds. The maximum atomic E-state index is 8.56. The van der Waals surface area contributed by atoms with Gasteiger partial charge in [0.15, 0.2) is 6.20 Å². The maximum Gasteiger partial charge on any atom is 0.406 e.